The van der Waals surface area contributed by atoms with Crippen LogP contribution in [0.2, 0.25) is 0 Å². The molecule has 6 nitrogen and oxygen atoms in total. The lowest BCUT2D eigenvalue weighted by Gasteiger charge is -2.36. The van der Waals surface area contributed by atoms with Crippen molar-refractivity contribution in [3.05, 3.63) is 23.9 Å². The van der Waals surface area contributed by atoms with E-state index in [1.165, 1.54) is 6.20 Å². The standard InChI is InChI=1S/C17H25N3O3/c1-11(2)10-23-15-7-6-13(8-19-15)17(22)20-9-14(16(18)21)5-4-12(20)3/h6-8,11-12,14H,4-5,9-10H2,1-3H3,(H2,18,21). The first-order chi connectivity index (χ1) is 10.9. The topological polar surface area (TPSA) is 85.5 Å². The van der Waals surface area contributed by atoms with Crippen molar-refractivity contribution in [3.63, 3.8) is 0 Å². The molecule has 0 aliphatic carbocycles. The van der Waals surface area contributed by atoms with Crippen molar-refractivity contribution in [2.45, 2.75) is 39.7 Å². The zero-order chi connectivity index (χ0) is 17.0. The minimum Gasteiger partial charge on any atom is -0.477 e. The number of piperidine rings is 1. The van der Waals surface area contributed by atoms with E-state index in [9.17, 15) is 9.59 Å². The van der Waals surface area contributed by atoms with Crippen LogP contribution in [0.5, 0.6) is 5.88 Å². The second kappa shape index (κ2) is 7.44. The fourth-order valence-electron chi connectivity index (χ4n) is 2.63. The lowest BCUT2D eigenvalue weighted by Crippen LogP contribution is -2.48. The number of nitrogens with two attached hydrogens (primary N) is 1. The third-order valence-electron chi connectivity index (χ3n) is 4.09. The predicted octanol–water partition coefficient (Wildman–Crippen LogP) is 1.84. The molecule has 2 N–H and O–H groups in total. The van der Waals surface area contributed by atoms with Gasteiger partial charge in [-0.3, -0.25) is 9.59 Å². The molecule has 0 saturated carbocycles. The first-order valence-electron chi connectivity index (χ1n) is 8.07. The Morgan fingerprint density at radius 2 is 2.13 bits per heavy atom. The molecule has 2 rings (SSSR count). The van der Waals surface area contributed by atoms with Crippen molar-refractivity contribution >= 4 is 11.8 Å². The number of nitrogens with zero attached hydrogens (tertiary/aromatic N) is 2. The number of likely N-dealkylation sites (tertiary alicyclic amines) is 1. The normalized spacial score (nSPS) is 21.3. The first kappa shape index (κ1) is 17.2. The average molecular weight is 319 g/mol. The molecule has 1 aliphatic heterocycles. The van der Waals surface area contributed by atoms with Gasteiger partial charge in [-0.2, -0.15) is 0 Å². The quantitative estimate of drug-likeness (QED) is 0.897. The molecule has 2 heterocycles. The second-order valence-corrected chi connectivity index (χ2v) is 6.57. The molecule has 0 spiro atoms. The van der Waals surface area contributed by atoms with E-state index in [2.05, 4.69) is 18.8 Å². The molecule has 1 aliphatic rings. The molecule has 0 bridgehead atoms. The van der Waals surface area contributed by atoms with Crippen LogP contribution in [0.15, 0.2) is 18.3 Å². The number of pyridine rings is 1. The van der Waals surface area contributed by atoms with Crippen LogP contribution < -0.4 is 10.5 Å². The first-order valence-corrected chi connectivity index (χ1v) is 8.07. The molecular weight excluding hydrogens is 294 g/mol. The van der Waals surface area contributed by atoms with Gasteiger partial charge in [0.05, 0.1) is 18.1 Å². The summed E-state index contributed by atoms with van der Waals surface area (Å²) in [6.07, 6.45) is 3.04. The maximum atomic E-state index is 12.6. The third-order valence-corrected chi connectivity index (χ3v) is 4.09. The Kier molecular flexibility index (Phi) is 5.58. The highest BCUT2D eigenvalue weighted by Gasteiger charge is 2.32. The van der Waals surface area contributed by atoms with Gasteiger partial charge >= 0.3 is 0 Å². The SMILES string of the molecule is CC(C)COc1ccc(C(=O)N2CC(C(N)=O)CCC2C)cn1. The molecule has 2 atom stereocenters. The van der Waals surface area contributed by atoms with E-state index < -0.39 is 0 Å². The fourth-order valence-corrected chi connectivity index (χ4v) is 2.63. The van der Waals surface area contributed by atoms with Crippen LogP contribution in [-0.4, -0.2) is 40.9 Å². The van der Waals surface area contributed by atoms with Gasteiger partial charge in [0.15, 0.2) is 0 Å². The Hall–Kier alpha value is -2.11. The maximum Gasteiger partial charge on any atom is 0.255 e. The zero-order valence-corrected chi connectivity index (χ0v) is 14.0. The highest BCUT2D eigenvalue weighted by molar-refractivity contribution is 5.94. The number of ether oxygens (including phenoxy) is 1. The van der Waals surface area contributed by atoms with Crippen molar-refractivity contribution in [2.24, 2.45) is 17.6 Å². The zero-order valence-electron chi connectivity index (χ0n) is 14.0. The lowest BCUT2D eigenvalue weighted by atomic mass is 9.92. The molecule has 126 valence electrons. The summed E-state index contributed by atoms with van der Waals surface area (Å²) >= 11 is 0. The molecule has 1 aromatic rings. The minimum absolute atomic E-state index is 0.0926. The number of hydrogen-bond acceptors (Lipinski definition) is 4. The number of aromatic nitrogens is 1. The average Bonchev–Trinajstić information content (AvgIpc) is 2.53. The monoisotopic (exact) mass is 319 g/mol. The summed E-state index contributed by atoms with van der Waals surface area (Å²) in [5.74, 6) is 0.198. The molecular formula is C17H25N3O3. The summed E-state index contributed by atoms with van der Waals surface area (Å²) in [5, 5.41) is 0. The van der Waals surface area contributed by atoms with Gasteiger partial charge in [0.25, 0.3) is 5.91 Å². The van der Waals surface area contributed by atoms with Crippen molar-refractivity contribution in [3.8, 4) is 5.88 Å². The highest BCUT2D eigenvalue weighted by atomic mass is 16.5. The van der Waals surface area contributed by atoms with E-state index in [1.54, 1.807) is 17.0 Å². The summed E-state index contributed by atoms with van der Waals surface area (Å²) in [4.78, 5) is 29.9. The van der Waals surface area contributed by atoms with Crippen LogP contribution in [-0.2, 0) is 4.79 Å². The van der Waals surface area contributed by atoms with Crippen LogP contribution in [0, 0.1) is 11.8 Å². The van der Waals surface area contributed by atoms with Crippen molar-refractivity contribution in [2.75, 3.05) is 13.2 Å². The van der Waals surface area contributed by atoms with Gasteiger partial charge in [-0.15, -0.1) is 0 Å². The Morgan fingerprint density at radius 3 is 2.70 bits per heavy atom. The highest BCUT2D eigenvalue weighted by Crippen LogP contribution is 2.23. The summed E-state index contributed by atoms with van der Waals surface area (Å²) in [6, 6.07) is 3.51. The lowest BCUT2D eigenvalue weighted by molar-refractivity contribution is -0.123. The molecule has 0 aromatic carbocycles. The van der Waals surface area contributed by atoms with Crippen LogP contribution in [0.4, 0.5) is 0 Å². The molecule has 1 fully saturated rings. The van der Waals surface area contributed by atoms with Crippen molar-refractivity contribution in [1.82, 2.24) is 9.88 Å². The van der Waals surface area contributed by atoms with Gasteiger partial charge in [0, 0.05) is 24.8 Å². The van der Waals surface area contributed by atoms with E-state index in [0.717, 1.165) is 12.8 Å². The van der Waals surface area contributed by atoms with Crippen LogP contribution >= 0.6 is 0 Å². The summed E-state index contributed by atoms with van der Waals surface area (Å²) in [5.41, 5.74) is 5.88. The maximum absolute atomic E-state index is 12.6. The van der Waals surface area contributed by atoms with Crippen LogP contribution in [0.25, 0.3) is 0 Å². The smallest absolute Gasteiger partial charge is 0.255 e. The fraction of sp³-hybridized carbons (Fsp3) is 0.588. The Morgan fingerprint density at radius 1 is 1.39 bits per heavy atom. The van der Waals surface area contributed by atoms with Gasteiger partial charge in [0.2, 0.25) is 11.8 Å². The van der Waals surface area contributed by atoms with E-state index in [1.807, 2.05) is 6.92 Å². The molecule has 2 unspecified atom stereocenters. The van der Waals surface area contributed by atoms with E-state index in [-0.39, 0.29) is 23.8 Å². The van der Waals surface area contributed by atoms with E-state index in [0.29, 0.717) is 30.5 Å². The number of amides is 2. The number of hydrogen-bond donors (Lipinski definition) is 1. The molecule has 1 aromatic heterocycles. The number of carbonyl (C=O) groups is 2. The molecule has 0 radical (unpaired) electrons. The Bertz CT molecular complexity index is 557. The molecule has 6 heteroatoms. The second-order valence-electron chi connectivity index (χ2n) is 6.57. The molecule has 2 amide bonds. The Labute approximate surface area is 137 Å². The van der Waals surface area contributed by atoms with Gasteiger partial charge in [-0.05, 0) is 31.7 Å². The van der Waals surface area contributed by atoms with Gasteiger partial charge in [0.1, 0.15) is 0 Å². The third kappa shape index (κ3) is 4.43. The van der Waals surface area contributed by atoms with E-state index >= 15 is 0 Å². The Balaban J connectivity index is 2.05. The number of carbonyl (C=O) groups excluding carboxylic acids is 2. The van der Waals surface area contributed by atoms with Crippen LogP contribution in [0.1, 0.15) is 44.0 Å². The van der Waals surface area contributed by atoms with Crippen LogP contribution in [0.3, 0.4) is 0 Å². The summed E-state index contributed by atoms with van der Waals surface area (Å²) in [7, 11) is 0. The molecule has 23 heavy (non-hydrogen) atoms. The largest absolute Gasteiger partial charge is 0.477 e. The van der Waals surface area contributed by atoms with Crippen molar-refractivity contribution in [1.29, 1.82) is 0 Å². The number of rotatable bonds is 5. The molecule has 1 saturated heterocycles. The van der Waals surface area contributed by atoms with Crippen molar-refractivity contribution < 1.29 is 14.3 Å². The predicted molar refractivity (Wildman–Crippen MR) is 87.0 cm³/mol. The summed E-state index contributed by atoms with van der Waals surface area (Å²) in [6.45, 7) is 7.07. The van der Waals surface area contributed by atoms with Gasteiger partial charge in [-0.1, -0.05) is 13.8 Å². The van der Waals surface area contributed by atoms with Gasteiger partial charge in [-0.25, -0.2) is 4.98 Å². The van der Waals surface area contributed by atoms with E-state index in [4.69, 9.17) is 10.5 Å². The summed E-state index contributed by atoms with van der Waals surface area (Å²) < 4.78 is 5.52. The van der Waals surface area contributed by atoms with Gasteiger partial charge < -0.3 is 15.4 Å². The number of primary amides is 1. The minimum atomic E-state index is -0.342.